The van der Waals surface area contributed by atoms with Gasteiger partial charge in [0, 0.05) is 17.4 Å². The van der Waals surface area contributed by atoms with Gasteiger partial charge in [0.05, 0.1) is 25.1 Å². The molecule has 2 N–H and O–H groups in total. The van der Waals surface area contributed by atoms with Crippen LogP contribution in [-0.2, 0) is 20.9 Å². The number of fused-ring (bicyclic) bond motifs is 2. The van der Waals surface area contributed by atoms with Crippen molar-refractivity contribution in [2.24, 2.45) is 5.92 Å². The first-order valence-electron chi connectivity index (χ1n) is 10.9. The van der Waals surface area contributed by atoms with Crippen molar-refractivity contribution in [1.82, 2.24) is 15.3 Å². The molecule has 1 unspecified atom stereocenters. The van der Waals surface area contributed by atoms with E-state index in [1.807, 2.05) is 50.2 Å². The number of carbonyl (C=O) groups is 3. The first kappa shape index (κ1) is 22.4. The molecule has 33 heavy (non-hydrogen) atoms. The maximum atomic E-state index is 12.9. The molecule has 1 aliphatic rings. The van der Waals surface area contributed by atoms with Crippen molar-refractivity contribution in [3.63, 3.8) is 0 Å². The van der Waals surface area contributed by atoms with Crippen LogP contribution in [0.4, 0.5) is 5.82 Å². The van der Waals surface area contributed by atoms with Gasteiger partial charge in [0.25, 0.3) is 0 Å². The smallest absolute Gasteiger partial charge is 0.328 e. The van der Waals surface area contributed by atoms with Gasteiger partial charge in [-0.25, -0.2) is 14.8 Å². The van der Waals surface area contributed by atoms with Crippen molar-refractivity contribution in [3.05, 3.63) is 65.5 Å². The van der Waals surface area contributed by atoms with E-state index in [4.69, 9.17) is 4.74 Å². The van der Waals surface area contributed by atoms with Crippen molar-refractivity contribution in [2.45, 2.75) is 38.8 Å². The molecule has 3 aromatic rings. The Balaban J connectivity index is 1.57. The number of carbonyl (C=O) groups excluding carboxylic acids is 3. The molecule has 8 heteroatoms. The lowest BCUT2D eigenvalue weighted by Crippen LogP contribution is -2.36. The molecular formula is C25H26N4O4. The summed E-state index contributed by atoms with van der Waals surface area (Å²) in [6.07, 6.45) is 0.158. The lowest BCUT2D eigenvalue weighted by Gasteiger charge is -2.21. The molecule has 1 amide bonds. The number of aromatic nitrogens is 2. The molecule has 1 aromatic heterocycles. The number of methoxy groups -OCH3 is 1. The minimum absolute atomic E-state index is 0.0262. The van der Waals surface area contributed by atoms with E-state index < -0.39 is 12.0 Å². The summed E-state index contributed by atoms with van der Waals surface area (Å²) in [5.41, 5.74) is 2.04. The van der Waals surface area contributed by atoms with Gasteiger partial charge in [-0.2, -0.15) is 0 Å². The van der Waals surface area contributed by atoms with E-state index >= 15 is 0 Å². The molecule has 0 spiro atoms. The van der Waals surface area contributed by atoms with Gasteiger partial charge in [-0.1, -0.05) is 50.2 Å². The molecule has 8 nitrogen and oxygen atoms in total. The maximum Gasteiger partial charge on any atom is 0.328 e. The van der Waals surface area contributed by atoms with Gasteiger partial charge in [0.15, 0.2) is 11.6 Å². The third-order valence-corrected chi connectivity index (χ3v) is 5.83. The van der Waals surface area contributed by atoms with Gasteiger partial charge in [-0.15, -0.1) is 0 Å². The quantitative estimate of drug-likeness (QED) is 0.536. The Morgan fingerprint density at radius 2 is 1.82 bits per heavy atom. The highest BCUT2D eigenvalue weighted by molar-refractivity contribution is 6.06. The minimum atomic E-state index is -0.586. The highest BCUT2D eigenvalue weighted by Gasteiger charge is 2.33. The standard InChI is InChI=1S/C25H26N4O4/c1-14(2)22(25(32)33-3)29-23-17-10-6-7-11-19(17)27-21(28-23)13-26-24(31)18-12-20(30)16-9-5-4-8-15(16)18/h4-11,14,18,22H,12-13H2,1-3H3,(H,26,31)(H,27,28,29)/t18?,22-/m0/s1. The van der Waals surface area contributed by atoms with Crippen LogP contribution in [0.25, 0.3) is 10.9 Å². The summed E-state index contributed by atoms with van der Waals surface area (Å²) >= 11 is 0. The predicted octanol–water partition coefficient (Wildman–Crippen LogP) is 3.23. The number of hydrogen-bond donors (Lipinski definition) is 2. The van der Waals surface area contributed by atoms with Crippen LogP contribution in [0, 0.1) is 5.92 Å². The second kappa shape index (κ2) is 9.36. The zero-order chi connectivity index (χ0) is 23.5. The number of anilines is 1. The fourth-order valence-corrected chi connectivity index (χ4v) is 4.07. The van der Waals surface area contributed by atoms with Crippen molar-refractivity contribution in [3.8, 4) is 0 Å². The normalized spacial score (nSPS) is 15.9. The summed E-state index contributed by atoms with van der Waals surface area (Å²) < 4.78 is 4.93. The van der Waals surface area contributed by atoms with E-state index in [1.54, 1.807) is 12.1 Å². The Hall–Kier alpha value is -3.81. The number of nitrogens with one attached hydrogen (secondary N) is 2. The molecule has 1 aliphatic carbocycles. The number of benzene rings is 2. The van der Waals surface area contributed by atoms with Crippen molar-refractivity contribution < 1.29 is 19.1 Å². The maximum absolute atomic E-state index is 12.9. The number of esters is 1. The average molecular weight is 447 g/mol. The van der Waals surface area contributed by atoms with Gasteiger partial charge in [0.1, 0.15) is 11.9 Å². The Labute approximate surface area is 191 Å². The predicted molar refractivity (Wildman–Crippen MR) is 124 cm³/mol. The molecule has 1 heterocycles. The van der Waals surface area contributed by atoms with Gasteiger partial charge in [-0.05, 0) is 23.6 Å². The lowest BCUT2D eigenvalue weighted by molar-refractivity contribution is -0.142. The van der Waals surface area contributed by atoms with Crippen LogP contribution < -0.4 is 10.6 Å². The molecule has 2 aromatic carbocycles. The Kier molecular flexibility index (Phi) is 6.35. The summed E-state index contributed by atoms with van der Waals surface area (Å²) in [6.45, 7) is 3.93. The summed E-state index contributed by atoms with van der Waals surface area (Å²) in [4.78, 5) is 46.5. The number of para-hydroxylation sites is 1. The topological polar surface area (TPSA) is 110 Å². The van der Waals surface area contributed by atoms with Crippen LogP contribution in [0.1, 0.15) is 47.9 Å². The van der Waals surface area contributed by atoms with E-state index in [0.29, 0.717) is 22.7 Å². The fourth-order valence-electron chi connectivity index (χ4n) is 4.07. The van der Waals surface area contributed by atoms with Crippen LogP contribution in [0.2, 0.25) is 0 Å². The average Bonchev–Trinajstić information content (AvgIpc) is 3.17. The number of ether oxygens (including phenoxy) is 1. The Morgan fingerprint density at radius 3 is 2.58 bits per heavy atom. The van der Waals surface area contributed by atoms with Crippen LogP contribution in [0.5, 0.6) is 0 Å². The molecule has 0 aliphatic heterocycles. The van der Waals surface area contributed by atoms with E-state index in [0.717, 1.165) is 10.9 Å². The molecule has 170 valence electrons. The molecule has 0 saturated heterocycles. The number of nitrogens with zero attached hydrogens (tertiary/aromatic N) is 2. The number of hydrogen-bond acceptors (Lipinski definition) is 7. The van der Waals surface area contributed by atoms with E-state index in [1.165, 1.54) is 7.11 Å². The highest BCUT2D eigenvalue weighted by atomic mass is 16.5. The molecule has 4 rings (SSSR count). The summed E-state index contributed by atoms with van der Waals surface area (Å²) in [5, 5.41) is 6.82. The molecule has 0 fully saturated rings. The number of rotatable bonds is 7. The van der Waals surface area contributed by atoms with Crippen LogP contribution in [0.3, 0.4) is 0 Å². The van der Waals surface area contributed by atoms with Crippen LogP contribution >= 0.6 is 0 Å². The minimum Gasteiger partial charge on any atom is -0.467 e. The zero-order valence-corrected chi connectivity index (χ0v) is 18.8. The van der Waals surface area contributed by atoms with Crippen molar-refractivity contribution in [2.75, 3.05) is 12.4 Å². The summed E-state index contributed by atoms with van der Waals surface area (Å²) in [5.74, 6) is -0.307. The van der Waals surface area contributed by atoms with E-state index in [2.05, 4.69) is 20.6 Å². The first-order chi connectivity index (χ1) is 15.9. The second-order valence-electron chi connectivity index (χ2n) is 8.38. The molecule has 0 saturated carbocycles. The van der Waals surface area contributed by atoms with Gasteiger partial charge >= 0.3 is 5.97 Å². The summed E-state index contributed by atoms with van der Waals surface area (Å²) in [7, 11) is 1.35. The molecular weight excluding hydrogens is 420 g/mol. The number of Topliss-reactive ketones (excluding diaryl/α,β-unsaturated/α-hetero) is 1. The number of ketones is 1. The molecule has 0 radical (unpaired) electrons. The lowest BCUT2D eigenvalue weighted by atomic mass is 10.0. The van der Waals surface area contributed by atoms with Crippen molar-refractivity contribution >= 4 is 34.4 Å². The van der Waals surface area contributed by atoms with E-state index in [9.17, 15) is 14.4 Å². The monoisotopic (exact) mass is 446 g/mol. The first-order valence-corrected chi connectivity index (χ1v) is 10.9. The van der Waals surface area contributed by atoms with Crippen molar-refractivity contribution in [1.29, 1.82) is 0 Å². The summed E-state index contributed by atoms with van der Waals surface area (Å²) in [6, 6.07) is 14.1. The zero-order valence-electron chi connectivity index (χ0n) is 18.8. The third-order valence-electron chi connectivity index (χ3n) is 5.83. The van der Waals surface area contributed by atoms with Crippen LogP contribution in [-0.4, -0.2) is 40.8 Å². The Bertz CT molecular complexity index is 1220. The fraction of sp³-hybridized carbons (Fsp3) is 0.320. The molecule has 0 bridgehead atoms. The van der Waals surface area contributed by atoms with Gasteiger partial charge in [-0.3, -0.25) is 9.59 Å². The SMILES string of the molecule is COC(=O)[C@@H](Nc1nc(CNC(=O)C2CC(=O)c3ccccc32)nc2ccccc12)C(C)C. The Morgan fingerprint density at radius 1 is 1.09 bits per heavy atom. The third kappa shape index (κ3) is 4.55. The highest BCUT2D eigenvalue weighted by Crippen LogP contribution is 2.33. The van der Waals surface area contributed by atoms with Gasteiger partial charge in [0.2, 0.25) is 5.91 Å². The second-order valence-corrected chi connectivity index (χ2v) is 8.38. The van der Waals surface area contributed by atoms with Crippen LogP contribution in [0.15, 0.2) is 48.5 Å². The number of amides is 1. The van der Waals surface area contributed by atoms with E-state index in [-0.39, 0.29) is 36.5 Å². The largest absolute Gasteiger partial charge is 0.467 e. The van der Waals surface area contributed by atoms with Gasteiger partial charge < -0.3 is 15.4 Å². The molecule has 2 atom stereocenters.